The molecule has 1 fully saturated rings. The fourth-order valence-electron chi connectivity index (χ4n) is 3.06. The van der Waals surface area contributed by atoms with E-state index in [9.17, 15) is 5.11 Å². The Hall–Kier alpha value is -0.900. The van der Waals surface area contributed by atoms with Crippen molar-refractivity contribution in [3.8, 4) is 0 Å². The van der Waals surface area contributed by atoms with Gasteiger partial charge in [0, 0.05) is 6.42 Å². The van der Waals surface area contributed by atoms with Crippen molar-refractivity contribution in [1.29, 1.82) is 0 Å². The highest BCUT2D eigenvalue weighted by atomic mass is 16.5. The number of rotatable bonds is 2. The van der Waals surface area contributed by atoms with Gasteiger partial charge in [-0.15, -0.1) is 0 Å². The first-order chi connectivity index (χ1) is 7.69. The molecule has 16 heavy (non-hydrogen) atoms. The van der Waals surface area contributed by atoms with Gasteiger partial charge in [-0.05, 0) is 25.2 Å². The number of ether oxygens (including phenoxy) is 1. The van der Waals surface area contributed by atoms with Gasteiger partial charge in [-0.25, -0.2) is 0 Å². The molecule has 86 valence electrons. The van der Waals surface area contributed by atoms with Crippen LogP contribution in [0.3, 0.4) is 0 Å². The normalized spacial score (nSPS) is 35.8. The summed E-state index contributed by atoms with van der Waals surface area (Å²) in [6.07, 6.45) is 1.07. The molecule has 3 nitrogen and oxygen atoms in total. The average Bonchev–Trinajstić information content (AvgIpc) is 2.85. The summed E-state index contributed by atoms with van der Waals surface area (Å²) in [7, 11) is 4.03. The van der Waals surface area contributed by atoms with Crippen LogP contribution in [0.5, 0.6) is 0 Å². The summed E-state index contributed by atoms with van der Waals surface area (Å²) in [5.41, 5.74) is 2.32. The van der Waals surface area contributed by atoms with Gasteiger partial charge in [-0.3, -0.25) is 4.90 Å². The Balaban J connectivity index is 2.08. The maximum atomic E-state index is 9.71. The van der Waals surface area contributed by atoms with Crippen LogP contribution < -0.4 is 0 Å². The van der Waals surface area contributed by atoms with Gasteiger partial charge in [0.05, 0.1) is 18.2 Å². The number of fused-ring (bicyclic) bond motifs is 5. The van der Waals surface area contributed by atoms with Crippen molar-refractivity contribution < 1.29 is 9.84 Å². The molecule has 2 aliphatic heterocycles. The van der Waals surface area contributed by atoms with Crippen LogP contribution in [0.15, 0.2) is 24.3 Å². The van der Waals surface area contributed by atoms with E-state index in [1.54, 1.807) is 0 Å². The molecule has 0 saturated carbocycles. The number of hydrogen-bond acceptors (Lipinski definition) is 3. The number of aliphatic hydroxyl groups is 1. The van der Waals surface area contributed by atoms with E-state index in [4.69, 9.17) is 4.74 Å². The molecular formula is C13H17NO2. The highest BCUT2D eigenvalue weighted by Gasteiger charge is 2.56. The summed E-state index contributed by atoms with van der Waals surface area (Å²) >= 11 is 0. The molecule has 2 aliphatic rings. The Morgan fingerprint density at radius 1 is 1.38 bits per heavy atom. The number of benzene rings is 1. The second kappa shape index (κ2) is 3.29. The van der Waals surface area contributed by atoms with Gasteiger partial charge in [0.15, 0.2) is 0 Å². The van der Waals surface area contributed by atoms with Crippen molar-refractivity contribution in [2.75, 3.05) is 20.7 Å². The average molecular weight is 219 g/mol. The van der Waals surface area contributed by atoms with Crippen molar-refractivity contribution in [1.82, 2.24) is 4.90 Å². The Kier molecular flexibility index (Phi) is 2.11. The molecule has 0 spiro atoms. The molecule has 0 radical (unpaired) electrons. The number of hydrogen-bond donors (Lipinski definition) is 1. The molecule has 3 heteroatoms. The molecule has 1 aromatic carbocycles. The standard InChI is InChI=1S/C13H17NO2/c1-14(2)13(8-15)7-11-9-5-3-4-6-10(9)12(13)16-11/h3-6,11-12,15H,7-8H2,1-2H3/t11-,12-,13+/m0/s1. The van der Waals surface area contributed by atoms with E-state index in [1.807, 2.05) is 20.2 Å². The molecule has 0 amide bonds. The van der Waals surface area contributed by atoms with Crippen LogP contribution in [0.4, 0.5) is 0 Å². The first-order valence-corrected chi connectivity index (χ1v) is 5.71. The molecular weight excluding hydrogens is 202 g/mol. The Labute approximate surface area is 95.6 Å². The number of nitrogens with zero attached hydrogens (tertiary/aromatic N) is 1. The third kappa shape index (κ3) is 1.08. The number of aliphatic hydroxyl groups excluding tert-OH is 1. The van der Waals surface area contributed by atoms with E-state index in [0.29, 0.717) is 0 Å². The van der Waals surface area contributed by atoms with E-state index in [0.717, 1.165) is 6.42 Å². The van der Waals surface area contributed by atoms with Gasteiger partial charge in [0.25, 0.3) is 0 Å². The quantitative estimate of drug-likeness (QED) is 0.818. The van der Waals surface area contributed by atoms with E-state index in [1.165, 1.54) is 11.1 Å². The largest absolute Gasteiger partial charge is 0.394 e. The fraction of sp³-hybridized carbons (Fsp3) is 0.538. The SMILES string of the molecule is CN(C)[C@@]1(CO)C[C@@H]2O[C@H]1c1ccccc12. The fourth-order valence-corrected chi connectivity index (χ4v) is 3.06. The van der Waals surface area contributed by atoms with Crippen molar-refractivity contribution >= 4 is 0 Å². The van der Waals surface area contributed by atoms with Gasteiger partial charge >= 0.3 is 0 Å². The van der Waals surface area contributed by atoms with Crippen LogP contribution in [0.25, 0.3) is 0 Å². The zero-order chi connectivity index (χ0) is 11.3. The zero-order valence-corrected chi connectivity index (χ0v) is 9.68. The highest BCUT2D eigenvalue weighted by molar-refractivity contribution is 5.41. The van der Waals surface area contributed by atoms with Crippen molar-refractivity contribution in [2.24, 2.45) is 0 Å². The summed E-state index contributed by atoms with van der Waals surface area (Å²) in [5.74, 6) is 0. The van der Waals surface area contributed by atoms with Gasteiger partial charge < -0.3 is 9.84 Å². The first-order valence-electron chi connectivity index (χ1n) is 5.71. The molecule has 1 aromatic rings. The second-order valence-electron chi connectivity index (χ2n) is 4.99. The summed E-state index contributed by atoms with van der Waals surface area (Å²) in [4.78, 5) is 2.10. The van der Waals surface area contributed by atoms with Gasteiger partial charge in [0.2, 0.25) is 0 Å². The molecule has 1 saturated heterocycles. The molecule has 3 rings (SSSR count). The van der Waals surface area contributed by atoms with Crippen molar-refractivity contribution in [3.05, 3.63) is 35.4 Å². The second-order valence-corrected chi connectivity index (χ2v) is 4.99. The topological polar surface area (TPSA) is 32.7 Å². The van der Waals surface area contributed by atoms with E-state index < -0.39 is 0 Å². The van der Waals surface area contributed by atoms with Crippen molar-refractivity contribution in [3.63, 3.8) is 0 Å². The number of likely N-dealkylation sites (N-methyl/N-ethyl adjacent to an activating group) is 1. The Morgan fingerprint density at radius 3 is 2.69 bits per heavy atom. The zero-order valence-electron chi connectivity index (χ0n) is 9.68. The monoisotopic (exact) mass is 219 g/mol. The summed E-state index contributed by atoms with van der Waals surface area (Å²) in [6, 6.07) is 8.35. The molecule has 0 unspecified atom stereocenters. The maximum absolute atomic E-state index is 9.71. The van der Waals surface area contributed by atoms with Crippen LogP contribution in [0, 0.1) is 0 Å². The molecule has 1 N–H and O–H groups in total. The minimum Gasteiger partial charge on any atom is -0.394 e. The molecule has 2 bridgehead atoms. The smallest absolute Gasteiger partial charge is 0.104 e. The van der Waals surface area contributed by atoms with Crippen molar-refractivity contribution in [2.45, 2.75) is 24.2 Å². The Bertz CT molecular complexity index is 418. The molecule has 0 aromatic heterocycles. The summed E-state index contributed by atoms with van der Waals surface area (Å²) in [5, 5.41) is 9.71. The summed E-state index contributed by atoms with van der Waals surface area (Å²) < 4.78 is 6.01. The van der Waals surface area contributed by atoms with Crippen LogP contribution in [0.2, 0.25) is 0 Å². The van der Waals surface area contributed by atoms with E-state index in [-0.39, 0.29) is 24.4 Å². The highest BCUT2D eigenvalue weighted by Crippen LogP contribution is 2.57. The van der Waals surface area contributed by atoms with Gasteiger partial charge in [-0.1, -0.05) is 24.3 Å². The lowest BCUT2D eigenvalue weighted by Gasteiger charge is -2.40. The minimum atomic E-state index is -0.237. The summed E-state index contributed by atoms with van der Waals surface area (Å²) in [6.45, 7) is 0.148. The third-order valence-corrected chi connectivity index (χ3v) is 4.12. The van der Waals surface area contributed by atoms with E-state index in [2.05, 4.69) is 23.1 Å². The van der Waals surface area contributed by atoms with Crippen LogP contribution in [0.1, 0.15) is 29.8 Å². The third-order valence-electron chi connectivity index (χ3n) is 4.12. The maximum Gasteiger partial charge on any atom is 0.104 e. The van der Waals surface area contributed by atoms with Crippen LogP contribution in [-0.2, 0) is 4.74 Å². The van der Waals surface area contributed by atoms with E-state index >= 15 is 0 Å². The predicted octanol–water partition coefficient (Wildman–Crippen LogP) is 1.50. The minimum absolute atomic E-state index is 0.0219. The lowest BCUT2D eigenvalue weighted by molar-refractivity contribution is -0.0133. The predicted molar refractivity (Wildman–Crippen MR) is 61.1 cm³/mol. The molecule has 2 heterocycles. The molecule has 0 aliphatic carbocycles. The Morgan fingerprint density at radius 2 is 2.06 bits per heavy atom. The first kappa shape index (κ1) is 10.3. The van der Waals surface area contributed by atoms with Crippen LogP contribution >= 0.6 is 0 Å². The lowest BCUT2D eigenvalue weighted by Crippen LogP contribution is -2.50. The van der Waals surface area contributed by atoms with Gasteiger partial charge in [-0.2, -0.15) is 0 Å². The van der Waals surface area contributed by atoms with Crippen LogP contribution in [-0.4, -0.2) is 36.2 Å². The lowest BCUT2D eigenvalue weighted by atomic mass is 9.77. The molecule has 3 atom stereocenters. The van der Waals surface area contributed by atoms with Gasteiger partial charge in [0.1, 0.15) is 6.10 Å².